The summed E-state index contributed by atoms with van der Waals surface area (Å²) in [4.78, 5) is 4.90. The van der Waals surface area contributed by atoms with Crippen LogP contribution in [0.3, 0.4) is 0 Å². The minimum Gasteiger partial charge on any atom is -0.453 e. The molecule has 0 aliphatic heterocycles. The molecule has 4 heteroatoms. The molecule has 49 heavy (non-hydrogen) atoms. The first-order valence-electron chi connectivity index (χ1n) is 16.5. The topological polar surface area (TPSA) is 44.1 Å². The zero-order valence-corrected chi connectivity index (χ0v) is 26.2. The van der Waals surface area contributed by atoms with Gasteiger partial charge in [-0.2, -0.15) is 0 Å². The van der Waals surface area contributed by atoms with Crippen LogP contribution in [0.15, 0.2) is 167 Å². The van der Waals surface area contributed by atoms with Crippen molar-refractivity contribution in [1.29, 1.82) is 0 Å². The summed E-state index contributed by atoms with van der Waals surface area (Å²) in [7, 11) is 0. The van der Waals surface area contributed by atoms with Gasteiger partial charge in [-0.3, -0.25) is 0 Å². The highest BCUT2D eigenvalue weighted by molar-refractivity contribution is 6.23. The van der Waals surface area contributed by atoms with Gasteiger partial charge in [0.1, 0.15) is 11.1 Å². The molecule has 0 aliphatic carbocycles. The number of hydrogen-bond acceptors (Lipinski definition) is 3. The van der Waals surface area contributed by atoms with Gasteiger partial charge in [-0.25, -0.2) is 4.98 Å². The highest BCUT2D eigenvalue weighted by Crippen LogP contribution is 2.45. The predicted octanol–water partition coefficient (Wildman–Crippen LogP) is 12.5. The molecule has 0 aliphatic rings. The first-order valence-corrected chi connectivity index (χ1v) is 16.5. The quantitative estimate of drug-likeness (QED) is 0.196. The minimum absolute atomic E-state index is 0.619. The second kappa shape index (κ2) is 9.93. The molecule has 0 saturated carbocycles. The number of fused-ring (bicyclic) bond motifs is 10. The van der Waals surface area contributed by atoms with Crippen LogP contribution in [-0.4, -0.2) is 9.55 Å². The molecule has 11 rings (SSSR count). The summed E-state index contributed by atoms with van der Waals surface area (Å²) in [5.41, 5.74) is 9.77. The van der Waals surface area contributed by atoms with Gasteiger partial charge in [0.2, 0.25) is 5.89 Å². The summed E-state index contributed by atoms with van der Waals surface area (Å²) in [6.07, 6.45) is 0. The Kier molecular flexibility index (Phi) is 5.35. The molecule has 228 valence electrons. The number of benzene rings is 8. The molecular weight excluding hydrogens is 601 g/mol. The molecule has 0 bridgehead atoms. The van der Waals surface area contributed by atoms with E-state index in [0.29, 0.717) is 5.89 Å². The molecule has 0 saturated heterocycles. The van der Waals surface area contributed by atoms with Crippen molar-refractivity contribution in [2.45, 2.75) is 0 Å². The van der Waals surface area contributed by atoms with Gasteiger partial charge in [0.05, 0.1) is 16.7 Å². The van der Waals surface area contributed by atoms with Gasteiger partial charge < -0.3 is 13.4 Å². The average Bonchev–Trinajstić information content (AvgIpc) is 3.86. The third-order valence-electron chi connectivity index (χ3n) is 9.97. The molecule has 0 fully saturated rings. The van der Waals surface area contributed by atoms with E-state index in [1.54, 1.807) is 0 Å². The molecular formula is C45H26N2O2. The number of oxazole rings is 1. The minimum atomic E-state index is 0.619. The Hall–Kier alpha value is -6.65. The lowest BCUT2D eigenvalue weighted by atomic mass is 9.95. The van der Waals surface area contributed by atoms with E-state index in [9.17, 15) is 0 Å². The van der Waals surface area contributed by atoms with E-state index in [0.717, 1.165) is 77.2 Å². The standard InChI is InChI=1S/C45H26N2O2/c1-2-11-27(12-3-1)45-46-37-25-31(21-22-41(37)48-45)35-24-30-15-6-7-16-32(30)44-42(35)34-18-10-20-39(43(34)49-44)47-38-19-9-8-17-33(38)36-23-28-13-4-5-14-29(28)26-40(36)47/h1-26H. The van der Waals surface area contributed by atoms with Crippen LogP contribution in [0, 0.1) is 0 Å². The van der Waals surface area contributed by atoms with Crippen LogP contribution in [0.25, 0.3) is 105 Å². The highest BCUT2D eigenvalue weighted by atomic mass is 16.3. The number of nitrogens with zero attached hydrogens (tertiary/aromatic N) is 2. The van der Waals surface area contributed by atoms with Gasteiger partial charge in [-0.1, -0.05) is 103 Å². The normalized spacial score (nSPS) is 12.1. The lowest BCUT2D eigenvalue weighted by Gasteiger charge is -2.09. The lowest BCUT2D eigenvalue weighted by Crippen LogP contribution is -1.94. The van der Waals surface area contributed by atoms with Crippen molar-refractivity contribution in [3.63, 3.8) is 0 Å². The molecule has 8 aromatic carbocycles. The van der Waals surface area contributed by atoms with E-state index in [2.05, 4.69) is 126 Å². The van der Waals surface area contributed by atoms with Crippen molar-refractivity contribution in [2.75, 3.05) is 0 Å². The number of para-hydroxylation sites is 2. The van der Waals surface area contributed by atoms with Crippen molar-refractivity contribution < 1.29 is 8.83 Å². The Morgan fingerprint density at radius 1 is 0.449 bits per heavy atom. The van der Waals surface area contributed by atoms with E-state index < -0.39 is 0 Å². The van der Waals surface area contributed by atoms with Gasteiger partial charge in [-0.15, -0.1) is 0 Å². The lowest BCUT2D eigenvalue weighted by molar-refractivity contribution is 0.620. The molecule has 0 radical (unpaired) electrons. The van der Waals surface area contributed by atoms with Crippen LogP contribution in [0.2, 0.25) is 0 Å². The Balaban J connectivity index is 1.21. The van der Waals surface area contributed by atoms with Gasteiger partial charge >= 0.3 is 0 Å². The molecule has 11 aromatic rings. The van der Waals surface area contributed by atoms with Crippen LogP contribution in [0.4, 0.5) is 0 Å². The maximum absolute atomic E-state index is 7.06. The van der Waals surface area contributed by atoms with Gasteiger partial charge in [0.25, 0.3) is 0 Å². The number of aromatic nitrogens is 2. The highest BCUT2D eigenvalue weighted by Gasteiger charge is 2.22. The summed E-state index contributed by atoms with van der Waals surface area (Å²) in [6.45, 7) is 0. The first-order chi connectivity index (χ1) is 24.3. The maximum atomic E-state index is 7.06. The molecule has 0 N–H and O–H groups in total. The van der Waals surface area contributed by atoms with Crippen molar-refractivity contribution in [3.05, 3.63) is 158 Å². The fourth-order valence-electron chi connectivity index (χ4n) is 7.74. The Morgan fingerprint density at radius 3 is 2.06 bits per heavy atom. The number of furan rings is 1. The van der Waals surface area contributed by atoms with Crippen LogP contribution < -0.4 is 0 Å². The third-order valence-corrected chi connectivity index (χ3v) is 9.97. The fourth-order valence-corrected chi connectivity index (χ4v) is 7.74. The van der Waals surface area contributed by atoms with E-state index >= 15 is 0 Å². The molecule has 0 unspecified atom stereocenters. The van der Waals surface area contributed by atoms with Crippen LogP contribution in [0.5, 0.6) is 0 Å². The first kappa shape index (κ1) is 26.4. The Morgan fingerprint density at radius 2 is 1.18 bits per heavy atom. The summed E-state index contributed by atoms with van der Waals surface area (Å²) >= 11 is 0. The molecule has 3 heterocycles. The molecule has 0 atom stereocenters. The zero-order chi connectivity index (χ0) is 32.1. The molecule has 0 amide bonds. The van der Waals surface area contributed by atoms with Crippen LogP contribution >= 0.6 is 0 Å². The van der Waals surface area contributed by atoms with Crippen LogP contribution in [0.1, 0.15) is 0 Å². The second-order valence-corrected chi connectivity index (χ2v) is 12.7. The molecule has 3 aromatic heterocycles. The Bertz CT molecular complexity index is 3110. The van der Waals surface area contributed by atoms with E-state index in [-0.39, 0.29) is 0 Å². The summed E-state index contributed by atoms with van der Waals surface area (Å²) < 4.78 is 15.6. The van der Waals surface area contributed by atoms with Crippen molar-refractivity contribution in [1.82, 2.24) is 9.55 Å². The monoisotopic (exact) mass is 626 g/mol. The molecule has 0 spiro atoms. The smallest absolute Gasteiger partial charge is 0.227 e. The van der Waals surface area contributed by atoms with Gasteiger partial charge in [0, 0.05) is 32.5 Å². The molecule has 4 nitrogen and oxygen atoms in total. The third kappa shape index (κ3) is 3.83. The second-order valence-electron chi connectivity index (χ2n) is 12.7. The number of hydrogen-bond donors (Lipinski definition) is 0. The maximum Gasteiger partial charge on any atom is 0.227 e. The van der Waals surface area contributed by atoms with E-state index in [1.165, 1.54) is 21.5 Å². The van der Waals surface area contributed by atoms with E-state index in [1.807, 2.05) is 36.4 Å². The SMILES string of the molecule is c1ccc(-c2nc3cc(-c4cc5ccccc5c5oc6c(-n7c8ccccc8c8cc9ccccc9cc87)cccc6c45)ccc3o2)cc1. The van der Waals surface area contributed by atoms with Crippen molar-refractivity contribution in [3.8, 4) is 28.3 Å². The summed E-state index contributed by atoms with van der Waals surface area (Å²) in [5, 5.41) is 9.27. The van der Waals surface area contributed by atoms with Crippen molar-refractivity contribution in [2.24, 2.45) is 0 Å². The summed E-state index contributed by atoms with van der Waals surface area (Å²) in [5.74, 6) is 0.619. The largest absolute Gasteiger partial charge is 0.453 e. The van der Waals surface area contributed by atoms with Crippen LogP contribution in [-0.2, 0) is 0 Å². The van der Waals surface area contributed by atoms with E-state index in [4.69, 9.17) is 13.8 Å². The predicted molar refractivity (Wildman–Crippen MR) is 202 cm³/mol. The Labute approximate surface area is 280 Å². The fraction of sp³-hybridized carbons (Fsp3) is 0. The van der Waals surface area contributed by atoms with Gasteiger partial charge in [-0.05, 0) is 81.9 Å². The van der Waals surface area contributed by atoms with Gasteiger partial charge in [0.15, 0.2) is 11.2 Å². The van der Waals surface area contributed by atoms with Crippen molar-refractivity contribution >= 4 is 76.4 Å². The summed E-state index contributed by atoms with van der Waals surface area (Å²) in [6, 6.07) is 55.5. The number of rotatable bonds is 3. The zero-order valence-electron chi connectivity index (χ0n) is 26.2. The average molecular weight is 627 g/mol.